The Kier molecular flexibility index (Phi) is 11.5. The van der Waals surface area contributed by atoms with Gasteiger partial charge in [-0.25, -0.2) is 0 Å². The fourth-order valence-corrected chi connectivity index (χ4v) is 4.02. The van der Waals surface area contributed by atoms with Gasteiger partial charge in [-0.1, -0.05) is 91.1 Å². The zero-order chi connectivity index (χ0) is 29.7. The number of epoxide rings is 1. The van der Waals surface area contributed by atoms with E-state index in [1.807, 2.05) is 43.4 Å². The number of nitrogens with one attached hydrogen (secondary N) is 1. The van der Waals surface area contributed by atoms with Gasteiger partial charge < -0.3 is 20.3 Å². The van der Waals surface area contributed by atoms with Crippen LogP contribution in [0, 0.1) is 0 Å². The van der Waals surface area contributed by atoms with Crippen LogP contribution in [0.3, 0.4) is 0 Å². The van der Waals surface area contributed by atoms with Gasteiger partial charge in [-0.2, -0.15) is 0 Å². The summed E-state index contributed by atoms with van der Waals surface area (Å²) < 4.78 is 5.39. The van der Waals surface area contributed by atoms with Crippen molar-refractivity contribution < 1.29 is 34.1 Å². The summed E-state index contributed by atoms with van der Waals surface area (Å²) in [6, 6.07) is 0. The van der Waals surface area contributed by atoms with Crippen LogP contribution >= 0.6 is 0 Å². The van der Waals surface area contributed by atoms with Gasteiger partial charge in [0.2, 0.25) is 5.91 Å². The van der Waals surface area contributed by atoms with Crippen molar-refractivity contribution in [2.45, 2.75) is 44.0 Å². The van der Waals surface area contributed by atoms with Crippen molar-refractivity contribution in [3.63, 3.8) is 0 Å². The first kappa shape index (κ1) is 30.9. The van der Waals surface area contributed by atoms with Crippen molar-refractivity contribution in [2.24, 2.45) is 0 Å². The van der Waals surface area contributed by atoms with Gasteiger partial charge in [0, 0.05) is 30.9 Å². The first-order valence-corrected chi connectivity index (χ1v) is 13.2. The fourth-order valence-electron chi connectivity index (χ4n) is 4.02. The summed E-state index contributed by atoms with van der Waals surface area (Å²) in [5.41, 5.74) is -1.37. The molecule has 8 nitrogen and oxygen atoms in total. The van der Waals surface area contributed by atoms with Crippen LogP contribution in [0.4, 0.5) is 0 Å². The van der Waals surface area contributed by atoms with Gasteiger partial charge in [-0.05, 0) is 25.2 Å². The van der Waals surface area contributed by atoms with E-state index in [0.29, 0.717) is 0 Å². The minimum Gasteiger partial charge on any atom is -0.510 e. The highest BCUT2D eigenvalue weighted by atomic mass is 16.6. The number of allylic oxidation sites excluding steroid dienone is 18. The van der Waals surface area contributed by atoms with Crippen molar-refractivity contribution >= 4 is 23.3 Å². The van der Waals surface area contributed by atoms with E-state index >= 15 is 0 Å². The third-order valence-electron chi connectivity index (χ3n) is 6.12. The second-order valence-corrected chi connectivity index (χ2v) is 9.30. The summed E-state index contributed by atoms with van der Waals surface area (Å²) in [7, 11) is 0. The van der Waals surface area contributed by atoms with Crippen LogP contribution < -0.4 is 5.32 Å². The van der Waals surface area contributed by atoms with Gasteiger partial charge in [0.1, 0.15) is 23.2 Å². The van der Waals surface area contributed by atoms with Crippen molar-refractivity contribution in [3.8, 4) is 0 Å². The Morgan fingerprint density at radius 3 is 2.10 bits per heavy atom. The molecule has 0 radical (unpaired) electrons. The number of ketones is 3. The van der Waals surface area contributed by atoms with Crippen molar-refractivity contribution in [1.82, 2.24) is 5.32 Å². The largest absolute Gasteiger partial charge is 0.510 e. The maximum absolute atomic E-state index is 12.5. The molecule has 3 rings (SSSR count). The molecule has 0 bridgehead atoms. The molecule has 3 N–H and O–H groups in total. The molecule has 0 spiro atoms. The van der Waals surface area contributed by atoms with Gasteiger partial charge in [-0.15, -0.1) is 0 Å². The lowest BCUT2D eigenvalue weighted by atomic mass is 9.83. The van der Waals surface area contributed by atoms with Gasteiger partial charge in [0.15, 0.2) is 23.5 Å². The Labute approximate surface area is 239 Å². The molecule has 3 atom stereocenters. The molecule has 1 amide bonds. The minimum absolute atomic E-state index is 0.0547. The maximum atomic E-state index is 12.5. The lowest BCUT2D eigenvalue weighted by Crippen LogP contribution is -2.38. The number of hydrogen-bond donors (Lipinski definition) is 3. The first-order chi connectivity index (χ1) is 19.7. The highest BCUT2D eigenvalue weighted by Crippen LogP contribution is 2.42. The van der Waals surface area contributed by atoms with Crippen molar-refractivity contribution in [2.75, 3.05) is 0 Å². The van der Waals surface area contributed by atoms with E-state index in [4.69, 9.17) is 4.74 Å². The molecule has 0 aromatic carbocycles. The van der Waals surface area contributed by atoms with Crippen LogP contribution in [0.5, 0.6) is 0 Å². The van der Waals surface area contributed by atoms with Crippen LogP contribution in [-0.4, -0.2) is 51.3 Å². The monoisotopic (exact) mass is 555 g/mol. The molecule has 3 aliphatic rings. The van der Waals surface area contributed by atoms with E-state index in [9.17, 15) is 29.4 Å². The molecule has 1 aliphatic heterocycles. The Balaban J connectivity index is 1.50. The fraction of sp³-hybridized carbons (Fsp3) is 0.212. The Bertz CT molecular complexity index is 1380. The molecule has 3 unspecified atom stereocenters. The number of carbonyl (C=O) groups is 4. The zero-order valence-electron chi connectivity index (χ0n) is 22.7. The highest BCUT2D eigenvalue weighted by molar-refractivity contribution is 6.08. The number of amides is 1. The number of ether oxygens (including phenoxy) is 1. The molecule has 8 heteroatoms. The SMILES string of the molecule is C/C=C/C=C\C=C\C=C\C=C\C(=O)CC1=CC(O)(/C=C/C=C/C=C/C=C/C(=O)NC2=C(O)CCC2=O)C2OC2C1=O. The van der Waals surface area contributed by atoms with E-state index in [-0.39, 0.29) is 53.6 Å². The minimum atomic E-state index is -1.52. The predicted molar refractivity (Wildman–Crippen MR) is 156 cm³/mol. The third kappa shape index (κ3) is 9.49. The number of Topliss-reactive ketones (excluding diaryl/α,β-unsaturated/α-hetero) is 2. The topological polar surface area (TPSA) is 133 Å². The van der Waals surface area contributed by atoms with E-state index < -0.39 is 23.7 Å². The third-order valence-corrected chi connectivity index (χ3v) is 6.12. The van der Waals surface area contributed by atoms with E-state index in [0.717, 1.165) is 0 Å². The quantitative estimate of drug-likeness (QED) is 0.176. The lowest BCUT2D eigenvalue weighted by molar-refractivity contribution is -0.119. The molecule has 0 aromatic rings. The average molecular weight is 556 g/mol. The van der Waals surface area contributed by atoms with Crippen LogP contribution in [-0.2, 0) is 23.9 Å². The average Bonchev–Trinajstić information content (AvgIpc) is 3.71. The number of carbonyl (C=O) groups excluding carboxylic acids is 4. The number of fused-ring (bicyclic) bond motifs is 1. The predicted octanol–water partition coefficient (Wildman–Crippen LogP) is 4.23. The van der Waals surface area contributed by atoms with Gasteiger partial charge >= 0.3 is 0 Å². The standard InChI is InChI=1S/C33H33NO7/c1-2-3-4-5-6-7-8-11-14-17-25(35)22-24-23-33(40,32-31(41-32)30(24)39)21-16-13-10-9-12-15-18-28(38)34-29-26(36)19-20-27(29)37/h2-18,21,23,31-32,36,40H,19-20,22H2,1H3,(H,34,38)/b3-2+,5-4-,7-6+,11-8+,12-9+,13-10+,17-14+,18-15+,21-16+. The van der Waals surface area contributed by atoms with Gasteiger partial charge in [-0.3, -0.25) is 19.2 Å². The molecule has 1 saturated heterocycles. The van der Waals surface area contributed by atoms with Crippen LogP contribution in [0.2, 0.25) is 0 Å². The molecule has 212 valence electrons. The lowest BCUT2D eigenvalue weighted by Gasteiger charge is -2.23. The summed E-state index contributed by atoms with van der Waals surface area (Å²) in [6.07, 6.45) is 30.3. The molecule has 2 aliphatic carbocycles. The molecule has 41 heavy (non-hydrogen) atoms. The van der Waals surface area contributed by atoms with Crippen molar-refractivity contribution in [3.05, 3.63) is 132 Å². The molecule has 0 aromatic heterocycles. The normalized spacial score (nSPS) is 25.3. The van der Waals surface area contributed by atoms with Gasteiger partial charge in [0.05, 0.1) is 0 Å². The van der Waals surface area contributed by atoms with Crippen LogP contribution in [0.25, 0.3) is 0 Å². The van der Waals surface area contributed by atoms with Crippen LogP contribution in [0.1, 0.15) is 26.2 Å². The summed E-state index contributed by atoms with van der Waals surface area (Å²) >= 11 is 0. The van der Waals surface area contributed by atoms with Gasteiger partial charge in [0.25, 0.3) is 0 Å². The summed E-state index contributed by atoms with van der Waals surface area (Å²) in [6.45, 7) is 1.93. The van der Waals surface area contributed by atoms with E-state index in [1.54, 1.807) is 48.6 Å². The maximum Gasteiger partial charge on any atom is 0.248 e. The van der Waals surface area contributed by atoms with Crippen LogP contribution in [0.15, 0.2) is 132 Å². The Morgan fingerprint density at radius 2 is 1.49 bits per heavy atom. The van der Waals surface area contributed by atoms with E-state index in [1.165, 1.54) is 30.4 Å². The number of hydrogen-bond acceptors (Lipinski definition) is 7. The number of rotatable bonds is 13. The number of aliphatic hydroxyl groups excluding tert-OH is 1. The first-order valence-electron chi connectivity index (χ1n) is 13.2. The zero-order valence-corrected chi connectivity index (χ0v) is 22.7. The molecular formula is C33H33NO7. The number of aliphatic hydroxyl groups is 2. The highest BCUT2D eigenvalue weighted by Gasteiger charge is 2.59. The molecule has 0 saturated carbocycles. The molecular weight excluding hydrogens is 522 g/mol. The van der Waals surface area contributed by atoms with E-state index in [2.05, 4.69) is 5.32 Å². The Morgan fingerprint density at radius 1 is 0.902 bits per heavy atom. The van der Waals surface area contributed by atoms with Crippen molar-refractivity contribution in [1.29, 1.82) is 0 Å². The summed E-state index contributed by atoms with van der Waals surface area (Å²) in [5, 5.41) is 23.0. The Hall–Kier alpha value is -4.66. The second-order valence-electron chi connectivity index (χ2n) is 9.30. The second kappa shape index (κ2) is 15.2. The summed E-state index contributed by atoms with van der Waals surface area (Å²) in [4.78, 5) is 48.3. The molecule has 1 heterocycles. The summed E-state index contributed by atoms with van der Waals surface area (Å²) in [5.74, 6) is -1.50. The smallest absolute Gasteiger partial charge is 0.248 e. The molecule has 1 fully saturated rings.